The Kier molecular flexibility index (Phi) is 7.08. The van der Waals surface area contributed by atoms with E-state index in [1.807, 2.05) is 25.1 Å². The number of hydrogen-bond donors (Lipinski definition) is 1. The van der Waals surface area contributed by atoms with Crippen molar-refractivity contribution >= 4 is 0 Å². The third-order valence-electron chi connectivity index (χ3n) is 1.82. The third-order valence-corrected chi connectivity index (χ3v) is 1.82. The molecule has 1 heteroatoms. The molecule has 1 aromatic rings. The van der Waals surface area contributed by atoms with Crippen LogP contribution in [-0.4, -0.2) is 5.11 Å². The summed E-state index contributed by atoms with van der Waals surface area (Å²) in [5.74, 6) is 0.368. The van der Waals surface area contributed by atoms with Crippen molar-refractivity contribution in [3.05, 3.63) is 29.8 Å². The summed E-state index contributed by atoms with van der Waals surface area (Å²) in [6.45, 7) is 6.29. The van der Waals surface area contributed by atoms with Gasteiger partial charge in [0.25, 0.3) is 0 Å². The molecule has 74 valence electrons. The van der Waals surface area contributed by atoms with E-state index in [4.69, 9.17) is 5.11 Å². The number of aryl methyl sites for hydroxylation is 1. The van der Waals surface area contributed by atoms with Crippen LogP contribution in [-0.2, 0) is 0 Å². The SMILES string of the molecule is CCCCC.Cc1ccccc1O. The fourth-order valence-corrected chi connectivity index (χ4v) is 0.917. The summed E-state index contributed by atoms with van der Waals surface area (Å²) in [5.41, 5.74) is 0.924. The van der Waals surface area contributed by atoms with Crippen LogP contribution < -0.4 is 0 Å². The molecule has 1 nitrogen and oxygen atoms in total. The maximum Gasteiger partial charge on any atom is 0.118 e. The Hall–Kier alpha value is -0.980. The molecule has 0 radical (unpaired) electrons. The van der Waals surface area contributed by atoms with Gasteiger partial charge in [-0.05, 0) is 18.6 Å². The Labute approximate surface area is 81.4 Å². The van der Waals surface area contributed by atoms with Crippen LogP contribution in [0.5, 0.6) is 5.75 Å². The summed E-state index contributed by atoms with van der Waals surface area (Å²) in [7, 11) is 0. The number of phenolic OH excluding ortho intramolecular Hbond substituents is 1. The molecule has 0 amide bonds. The molecule has 0 saturated carbocycles. The van der Waals surface area contributed by atoms with E-state index < -0.39 is 0 Å². The second-order valence-electron chi connectivity index (χ2n) is 3.14. The lowest BCUT2D eigenvalue weighted by molar-refractivity contribution is 0.471. The van der Waals surface area contributed by atoms with Crippen LogP contribution in [0.3, 0.4) is 0 Å². The second kappa shape index (κ2) is 7.66. The van der Waals surface area contributed by atoms with Crippen LogP contribution >= 0.6 is 0 Å². The van der Waals surface area contributed by atoms with E-state index in [-0.39, 0.29) is 0 Å². The maximum atomic E-state index is 8.92. The zero-order valence-electron chi connectivity index (χ0n) is 8.88. The van der Waals surface area contributed by atoms with E-state index in [1.165, 1.54) is 19.3 Å². The predicted octanol–water partition coefficient (Wildman–Crippen LogP) is 3.90. The molecule has 0 aliphatic carbocycles. The van der Waals surface area contributed by atoms with E-state index in [9.17, 15) is 0 Å². The molecule has 13 heavy (non-hydrogen) atoms. The zero-order chi connectivity index (χ0) is 10.1. The molecule has 0 aliphatic rings. The zero-order valence-corrected chi connectivity index (χ0v) is 8.88. The standard InChI is InChI=1S/C7H8O.C5H12/c1-6-4-2-3-5-7(6)8;1-3-5-4-2/h2-5,8H,1H3;3-5H2,1-2H3. The van der Waals surface area contributed by atoms with Crippen molar-refractivity contribution in [2.24, 2.45) is 0 Å². The second-order valence-corrected chi connectivity index (χ2v) is 3.14. The van der Waals surface area contributed by atoms with Crippen molar-refractivity contribution in [1.82, 2.24) is 0 Å². The van der Waals surface area contributed by atoms with Crippen molar-refractivity contribution in [3.63, 3.8) is 0 Å². The first-order valence-corrected chi connectivity index (χ1v) is 4.97. The summed E-state index contributed by atoms with van der Waals surface area (Å²) in [4.78, 5) is 0. The molecule has 1 N–H and O–H groups in total. The lowest BCUT2D eigenvalue weighted by Crippen LogP contribution is -1.68. The van der Waals surface area contributed by atoms with Gasteiger partial charge in [0.2, 0.25) is 0 Å². The van der Waals surface area contributed by atoms with Gasteiger partial charge in [-0.25, -0.2) is 0 Å². The van der Waals surface area contributed by atoms with E-state index in [2.05, 4.69) is 13.8 Å². The van der Waals surface area contributed by atoms with Crippen LogP contribution in [0.15, 0.2) is 24.3 Å². The number of para-hydroxylation sites is 1. The Morgan fingerprint density at radius 2 is 1.62 bits per heavy atom. The maximum absolute atomic E-state index is 8.92. The van der Waals surface area contributed by atoms with Gasteiger partial charge >= 0.3 is 0 Å². The highest BCUT2D eigenvalue weighted by molar-refractivity contribution is 5.29. The largest absolute Gasteiger partial charge is 0.508 e. The van der Waals surface area contributed by atoms with Gasteiger partial charge in [-0.2, -0.15) is 0 Å². The van der Waals surface area contributed by atoms with Gasteiger partial charge in [0.05, 0.1) is 0 Å². The molecule has 0 fully saturated rings. The summed E-state index contributed by atoms with van der Waals surface area (Å²) < 4.78 is 0. The number of aromatic hydroxyl groups is 1. The first-order chi connectivity index (χ1) is 6.22. The molecule has 0 aromatic heterocycles. The first kappa shape index (κ1) is 12.0. The topological polar surface area (TPSA) is 20.2 Å². The highest BCUT2D eigenvalue weighted by Crippen LogP contribution is 2.12. The normalized spacial score (nSPS) is 8.85. The molecule has 0 bridgehead atoms. The van der Waals surface area contributed by atoms with Gasteiger partial charge in [-0.3, -0.25) is 0 Å². The van der Waals surface area contributed by atoms with Crippen LogP contribution in [0, 0.1) is 6.92 Å². The quantitative estimate of drug-likeness (QED) is 0.732. The minimum Gasteiger partial charge on any atom is -0.508 e. The van der Waals surface area contributed by atoms with E-state index in [1.54, 1.807) is 6.07 Å². The van der Waals surface area contributed by atoms with Crippen LogP contribution in [0.4, 0.5) is 0 Å². The van der Waals surface area contributed by atoms with Crippen LogP contribution in [0.2, 0.25) is 0 Å². The lowest BCUT2D eigenvalue weighted by Gasteiger charge is -1.92. The number of phenols is 1. The number of benzene rings is 1. The highest BCUT2D eigenvalue weighted by atomic mass is 16.3. The molecule has 0 heterocycles. The summed E-state index contributed by atoms with van der Waals surface area (Å²) in [5, 5.41) is 8.92. The first-order valence-electron chi connectivity index (χ1n) is 4.97. The van der Waals surface area contributed by atoms with E-state index in [0.717, 1.165) is 5.56 Å². The van der Waals surface area contributed by atoms with Gasteiger partial charge in [-0.1, -0.05) is 51.3 Å². The van der Waals surface area contributed by atoms with Crippen molar-refractivity contribution in [3.8, 4) is 5.75 Å². The smallest absolute Gasteiger partial charge is 0.118 e. The molecular formula is C12H20O. The Balaban J connectivity index is 0.000000252. The summed E-state index contributed by atoms with van der Waals surface area (Å²) in [6.07, 6.45) is 4.08. The van der Waals surface area contributed by atoms with Crippen molar-refractivity contribution in [1.29, 1.82) is 0 Å². The average Bonchev–Trinajstić information content (AvgIpc) is 2.13. The minimum absolute atomic E-state index is 0.368. The average molecular weight is 180 g/mol. The monoisotopic (exact) mass is 180 g/mol. The fraction of sp³-hybridized carbons (Fsp3) is 0.500. The van der Waals surface area contributed by atoms with Crippen LogP contribution in [0.25, 0.3) is 0 Å². The number of rotatable bonds is 2. The Bertz CT molecular complexity index is 195. The van der Waals surface area contributed by atoms with E-state index >= 15 is 0 Å². The van der Waals surface area contributed by atoms with Gasteiger partial charge < -0.3 is 5.11 Å². The molecule has 0 unspecified atom stereocenters. The molecule has 1 aromatic carbocycles. The fourth-order valence-electron chi connectivity index (χ4n) is 0.917. The molecular weight excluding hydrogens is 160 g/mol. The lowest BCUT2D eigenvalue weighted by atomic mass is 10.2. The Morgan fingerprint density at radius 1 is 1.08 bits per heavy atom. The van der Waals surface area contributed by atoms with Crippen LogP contribution in [0.1, 0.15) is 38.7 Å². The predicted molar refractivity (Wildman–Crippen MR) is 58.0 cm³/mol. The van der Waals surface area contributed by atoms with E-state index in [0.29, 0.717) is 5.75 Å². The Morgan fingerprint density at radius 3 is 1.85 bits per heavy atom. The molecule has 0 saturated heterocycles. The van der Waals surface area contributed by atoms with Crippen molar-refractivity contribution < 1.29 is 5.11 Å². The third kappa shape index (κ3) is 6.21. The number of hydrogen-bond acceptors (Lipinski definition) is 1. The van der Waals surface area contributed by atoms with Gasteiger partial charge in [0.15, 0.2) is 0 Å². The minimum atomic E-state index is 0.368. The van der Waals surface area contributed by atoms with Gasteiger partial charge in [-0.15, -0.1) is 0 Å². The molecule has 0 atom stereocenters. The van der Waals surface area contributed by atoms with Gasteiger partial charge in [0.1, 0.15) is 5.75 Å². The van der Waals surface area contributed by atoms with Crippen molar-refractivity contribution in [2.75, 3.05) is 0 Å². The summed E-state index contributed by atoms with van der Waals surface area (Å²) >= 11 is 0. The molecule has 1 rings (SSSR count). The van der Waals surface area contributed by atoms with Crippen molar-refractivity contribution in [2.45, 2.75) is 40.0 Å². The summed E-state index contributed by atoms with van der Waals surface area (Å²) in [6, 6.07) is 7.25. The molecule has 0 spiro atoms. The molecule has 0 aliphatic heterocycles. The van der Waals surface area contributed by atoms with Gasteiger partial charge in [0, 0.05) is 0 Å². The number of unbranched alkanes of at least 4 members (excludes halogenated alkanes) is 2. The highest BCUT2D eigenvalue weighted by Gasteiger charge is 1.86.